The summed E-state index contributed by atoms with van der Waals surface area (Å²) in [7, 11) is 0. The second kappa shape index (κ2) is 6.04. The van der Waals surface area contributed by atoms with Crippen molar-refractivity contribution in [2.45, 2.75) is 12.8 Å². The molecule has 1 saturated heterocycles. The number of carboxylic acids is 1. The van der Waals surface area contributed by atoms with Gasteiger partial charge in [0.05, 0.1) is 0 Å². The van der Waals surface area contributed by atoms with Gasteiger partial charge in [-0.05, 0) is 31.0 Å². The third kappa shape index (κ3) is 3.84. The summed E-state index contributed by atoms with van der Waals surface area (Å²) in [5, 5.41) is 11.1. The lowest BCUT2D eigenvalue weighted by Crippen LogP contribution is -2.18. The first-order valence-electron chi connectivity index (χ1n) is 6.22. The van der Waals surface area contributed by atoms with E-state index in [2.05, 4.69) is 10.2 Å². The van der Waals surface area contributed by atoms with Crippen molar-refractivity contribution in [1.82, 2.24) is 0 Å². The first-order chi connectivity index (χ1) is 9.15. The van der Waals surface area contributed by atoms with Crippen molar-refractivity contribution in [3.63, 3.8) is 0 Å². The maximum Gasteiger partial charge on any atom is 0.328 e. The number of rotatable bonds is 4. The average Bonchev–Trinajstić information content (AvgIpc) is 2.90. The molecule has 5 heteroatoms. The molecule has 2 rings (SSSR count). The van der Waals surface area contributed by atoms with Gasteiger partial charge in [0.2, 0.25) is 5.91 Å². The smallest absolute Gasteiger partial charge is 0.328 e. The van der Waals surface area contributed by atoms with Gasteiger partial charge in [0.1, 0.15) is 0 Å². The van der Waals surface area contributed by atoms with Crippen LogP contribution in [0.25, 0.3) is 0 Å². The van der Waals surface area contributed by atoms with E-state index in [0.29, 0.717) is 5.69 Å². The first-order valence-corrected chi connectivity index (χ1v) is 6.22. The van der Waals surface area contributed by atoms with Crippen molar-refractivity contribution in [3.8, 4) is 0 Å². The Balaban J connectivity index is 2.02. The highest BCUT2D eigenvalue weighted by molar-refractivity contribution is 6.02. The highest BCUT2D eigenvalue weighted by Crippen LogP contribution is 2.23. The van der Waals surface area contributed by atoms with Gasteiger partial charge in [-0.3, -0.25) is 4.79 Å². The van der Waals surface area contributed by atoms with Crippen molar-refractivity contribution in [2.24, 2.45) is 0 Å². The second-order valence-electron chi connectivity index (χ2n) is 4.41. The Labute approximate surface area is 111 Å². The molecule has 0 atom stereocenters. The maximum atomic E-state index is 11.5. The Morgan fingerprint density at radius 1 is 1.21 bits per heavy atom. The molecule has 0 bridgehead atoms. The van der Waals surface area contributed by atoms with E-state index in [-0.39, 0.29) is 0 Å². The SMILES string of the molecule is O=C(O)/C=C/C(=O)Nc1cccc(N2CCCC2)c1. The molecule has 0 spiro atoms. The molecular formula is C14H16N2O3. The Hall–Kier alpha value is -2.30. The van der Waals surface area contributed by atoms with Crippen molar-refractivity contribution in [1.29, 1.82) is 0 Å². The summed E-state index contributed by atoms with van der Waals surface area (Å²) in [5.41, 5.74) is 1.75. The molecule has 1 aliphatic rings. The molecule has 1 aromatic rings. The van der Waals surface area contributed by atoms with Crippen LogP contribution in [0.4, 0.5) is 11.4 Å². The van der Waals surface area contributed by atoms with E-state index in [1.54, 1.807) is 6.07 Å². The molecule has 0 aromatic heterocycles. The maximum absolute atomic E-state index is 11.5. The van der Waals surface area contributed by atoms with E-state index in [9.17, 15) is 9.59 Å². The number of carboxylic acid groups (broad SMARTS) is 1. The summed E-state index contributed by atoms with van der Waals surface area (Å²) in [6, 6.07) is 7.57. The van der Waals surface area contributed by atoms with Gasteiger partial charge in [-0.15, -0.1) is 0 Å². The molecule has 2 N–H and O–H groups in total. The number of benzene rings is 1. The standard InChI is InChI=1S/C14H16N2O3/c17-13(6-7-14(18)19)15-11-4-3-5-12(10-11)16-8-1-2-9-16/h3-7,10H,1-2,8-9H2,(H,15,17)(H,18,19)/b7-6+. The van der Waals surface area contributed by atoms with Crippen LogP contribution in [-0.2, 0) is 9.59 Å². The monoisotopic (exact) mass is 260 g/mol. The van der Waals surface area contributed by atoms with Crippen LogP contribution in [0.1, 0.15) is 12.8 Å². The van der Waals surface area contributed by atoms with Gasteiger partial charge >= 0.3 is 5.97 Å². The zero-order valence-corrected chi connectivity index (χ0v) is 10.5. The molecule has 0 saturated carbocycles. The van der Waals surface area contributed by atoms with Crippen LogP contribution >= 0.6 is 0 Å². The molecule has 0 aliphatic carbocycles. The number of amides is 1. The van der Waals surface area contributed by atoms with E-state index in [1.165, 1.54) is 12.8 Å². The average molecular weight is 260 g/mol. The Morgan fingerprint density at radius 3 is 2.63 bits per heavy atom. The van der Waals surface area contributed by atoms with E-state index in [0.717, 1.165) is 30.9 Å². The van der Waals surface area contributed by atoms with Crippen molar-refractivity contribution in [2.75, 3.05) is 23.3 Å². The fourth-order valence-corrected chi connectivity index (χ4v) is 2.09. The predicted molar refractivity (Wildman–Crippen MR) is 73.3 cm³/mol. The summed E-state index contributed by atoms with van der Waals surface area (Å²) in [5.74, 6) is -1.58. The van der Waals surface area contributed by atoms with Gasteiger partial charge in [0.25, 0.3) is 0 Å². The summed E-state index contributed by atoms with van der Waals surface area (Å²) in [6.45, 7) is 2.08. The molecule has 1 heterocycles. The number of carbonyl (C=O) groups excluding carboxylic acids is 1. The summed E-state index contributed by atoms with van der Waals surface area (Å²) in [4.78, 5) is 24.1. The van der Waals surface area contributed by atoms with Gasteiger partial charge in [-0.2, -0.15) is 0 Å². The van der Waals surface area contributed by atoms with Crippen LogP contribution < -0.4 is 10.2 Å². The largest absolute Gasteiger partial charge is 0.478 e. The minimum atomic E-state index is -1.14. The topological polar surface area (TPSA) is 69.6 Å². The predicted octanol–water partition coefficient (Wildman–Crippen LogP) is 1.87. The van der Waals surface area contributed by atoms with E-state index >= 15 is 0 Å². The van der Waals surface area contributed by atoms with Crippen LogP contribution in [0.3, 0.4) is 0 Å². The lowest BCUT2D eigenvalue weighted by Gasteiger charge is -2.18. The Kier molecular flexibility index (Phi) is 4.18. The van der Waals surface area contributed by atoms with Crippen molar-refractivity contribution in [3.05, 3.63) is 36.4 Å². The second-order valence-corrected chi connectivity index (χ2v) is 4.41. The molecule has 5 nitrogen and oxygen atoms in total. The van der Waals surface area contributed by atoms with Crippen LogP contribution in [0.2, 0.25) is 0 Å². The quantitative estimate of drug-likeness (QED) is 0.811. The highest BCUT2D eigenvalue weighted by Gasteiger charge is 2.12. The Morgan fingerprint density at radius 2 is 1.95 bits per heavy atom. The van der Waals surface area contributed by atoms with E-state index < -0.39 is 11.9 Å². The molecular weight excluding hydrogens is 244 g/mol. The van der Waals surface area contributed by atoms with Crippen molar-refractivity contribution >= 4 is 23.3 Å². The van der Waals surface area contributed by atoms with Crippen LogP contribution in [0.15, 0.2) is 36.4 Å². The number of carbonyl (C=O) groups is 2. The van der Waals surface area contributed by atoms with Crippen LogP contribution in [0, 0.1) is 0 Å². The minimum absolute atomic E-state index is 0.444. The minimum Gasteiger partial charge on any atom is -0.478 e. The molecule has 1 amide bonds. The van der Waals surface area contributed by atoms with Crippen LogP contribution in [0.5, 0.6) is 0 Å². The van der Waals surface area contributed by atoms with Crippen LogP contribution in [-0.4, -0.2) is 30.1 Å². The third-order valence-electron chi connectivity index (χ3n) is 2.96. The fraction of sp³-hybridized carbons (Fsp3) is 0.286. The van der Waals surface area contributed by atoms with Gasteiger partial charge < -0.3 is 15.3 Å². The molecule has 1 fully saturated rings. The molecule has 100 valence electrons. The summed E-state index contributed by atoms with van der Waals surface area (Å²) < 4.78 is 0. The summed E-state index contributed by atoms with van der Waals surface area (Å²) in [6.07, 6.45) is 4.21. The Bertz CT molecular complexity index is 505. The molecule has 0 radical (unpaired) electrons. The number of anilines is 2. The summed E-state index contributed by atoms with van der Waals surface area (Å²) >= 11 is 0. The van der Waals surface area contributed by atoms with Gasteiger partial charge in [0.15, 0.2) is 0 Å². The molecule has 1 aromatic carbocycles. The van der Waals surface area contributed by atoms with E-state index in [1.807, 2.05) is 18.2 Å². The lowest BCUT2D eigenvalue weighted by atomic mass is 10.2. The fourth-order valence-electron chi connectivity index (χ4n) is 2.09. The number of nitrogens with one attached hydrogen (secondary N) is 1. The third-order valence-corrected chi connectivity index (χ3v) is 2.96. The molecule has 0 unspecified atom stereocenters. The number of aliphatic carboxylic acids is 1. The van der Waals surface area contributed by atoms with E-state index in [4.69, 9.17) is 5.11 Å². The van der Waals surface area contributed by atoms with Gasteiger partial charge in [-0.25, -0.2) is 4.79 Å². The van der Waals surface area contributed by atoms with Crippen molar-refractivity contribution < 1.29 is 14.7 Å². The number of hydrogen-bond donors (Lipinski definition) is 2. The van der Waals surface area contributed by atoms with Gasteiger partial charge in [0, 0.05) is 36.6 Å². The lowest BCUT2D eigenvalue weighted by molar-refractivity contribution is -0.131. The number of nitrogens with zero attached hydrogens (tertiary/aromatic N) is 1. The highest BCUT2D eigenvalue weighted by atomic mass is 16.4. The number of hydrogen-bond acceptors (Lipinski definition) is 3. The normalized spacial score (nSPS) is 14.8. The molecule has 1 aliphatic heterocycles. The van der Waals surface area contributed by atoms with Gasteiger partial charge in [-0.1, -0.05) is 6.07 Å². The molecule has 19 heavy (non-hydrogen) atoms. The zero-order chi connectivity index (χ0) is 13.7. The zero-order valence-electron chi connectivity index (χ0n) is 10.5. The first kappa shape index (κ1) is 13.1.